The van der Waals surface area contributed by atoms with Crippen molar-refractivity contribution >= 4 is 35.3 Å². The van der Waals surface area contributed by atoms with Gasteiger partial charge in [-0.15, -0.1) is 0 Å². The van der Waals surface area contributed by atoms with Crippen molar-refractivity contribution in [1.82, 2.24) is 4.98 Å². The Labute approximate surface area is 180 Å². The number of carboxylic acids is 1. The van der Waals surface area contributed by atoms with E-state index in [4.69, 9.17) is 16.7 Å². The second kappa shape index (κ2) is 9.40. The van der Waals surface area contributed by atoms with Crippen molar-refractivity contribution in [3.63, 3.8) is 0 Å². The summed E-state index contributed by atoms with van der Waals surface area (Å²) in [6.07, 6.45) is -3.17. The van der Waals surface area contributed by atoms with Gasteiger partial charge < -0.3 is 5.11 Å². The number of carbonyl (C=O) groups is 1. The molecule has 0 saturated carbocycles. The number of halogens is 4. The van der Waals surface area contributed by atoms with Crippen LogP contribution in [0.1, 0.15) is 21.5 Å². The predicted molar refractivity (Wildman–Crippen MR) is 111 cm³/mol. The molecule has 0 bridgehead atoms. The zero-order chi connectivity index (χ0) is 21.7. The topological polar surface area (TPSA) is 53.4 Å². The van der Waals surface area contributed by atoms with E-state index in [1.165, 1.54) is 24.1 Å². The second-order valence-corrected chi connectivity index (χ2v) is 7.79. The predicted octanol–water partition coefficient (Wildman–Crippen LogP) is 6.21. The average molecular weight is 453 g/mol. The van der Waals surface area contributed by atoms with E-state index in [0.29, 0.717) is 17.9 Å². The zero-order valence-electron chi connectivity index (χ0n) is 15.4. The monoisotopic (exact) mass is 452 g/mol. The van der Waals surface area contributed by atoms with E-state index in [9.17, 15) is 18.0 Å². The van der Waals surface area contributed by atoms with Gasteiger partial charge in [-0.1, -0.05) is 41.9 Å². The first-order valence-corrected chi connectivity index (χ1v) is 9.94. The van der Waals surface area contributed by atoms with Gasteiger partial charge in [0.2, 0.25) is 0 Å². The van der Waals surface area contributed by atoms with Gasteiger partial charge in [-0.2, -0.15) is 13.2 Å². The summed E-state index contributed by atoms with van der Waals surface area (Å²) in [4.78, 5) is 15.7. The molecule has 3 aromatic rings. The Balaban J connectivity index is 1.87. The van der Waals surface area contributed by atoms with Crippen molar-refractivity contribution in [2.45, 2.75) is 17.5 Å². The molecule has 4 nitrogen and oxygen atoms in total. The highest BCUT2D eigenvalue weighted by atomic mass is 35.5. The highest BCUT2D eigenvalue weighted by Crippen LogP contribution is 2.37. The minimum absolute atomic E-state index is 0.118. The Bertz CT molecular complexity index is 1020. The lowest BCUT2D eigenvalue weighted by Crippen LogP contribution is -2.20. The fourth-order valence-electron chi connectivity index (χ4n) is 2.62. The highest BCUT2D eigenvalue weighted by Gasteiger charge is 2.32. The molecule has 0 saturated heterocycles. The first-order chi connectivity index (χ1) is 14.2. The lowest BCUT2D eigenvalue weighted by atomic mass is 10.1. The Morgan fingerprint density at radius 1 is 1.10 bits per heavy atom. The van der Waals surface area contributed by atoms with E-state index < -0.39 is 17.7 Å². The molecule has 0 aliphatic carbocycles. The van der Waals surface area contributed by atoms with Crippen LogP contribution in [0.25, 0.3) is 0 Å². The molecule has 0 atom stereocenters. The molecule has 0 fully saturated rings. The summed E-state index contributed by atoms with van der Waals surface area (Å²) in [7, 11) is 0. The second-order valence-electron chi connectivity index (χ2n) is 6.29. The van der Waals surface area contributed by atoms with Crippen LogP contribution in [0.15, 0.2) is 71.8 Å². The number of carboxylic acid groups (broad SMARTS) is 1. The van der Waals surface area contributed by atoms with Crippen LogP contribution >= 0.6 is 23.5 Å². The number of hydrogen-bond donors (Lipinski definition) is 1. The number of rotatable bonds is 7. The Kier molecular flexibility index (Phi) is 6.89. The molecule has 0 aliphatic rings. The van der Waals surface area contributed by atoms with Crippen molar-refractivity contribution in [3.05, 3.63) is 88.6 Å². The molecule has 0 radical (unpaired) electrons. The fraction of sp³-hybridized carbons (Fsp3) is 0.143. The lowest BCUT2D eigenvalue weighted by Gasteiger charge is -2.24. The van der Waals surface area contributed by atoms with Crippen molar-refractivity contribution in [1.29, 1.82) is 0 Å². The first-order valence-electron chi connectivity index (χ1n) is 8.79. The number of aromatic nitrogens is 1. The van der Waals surface area contributed by atoms with Gasteiger partial charge in [0.25, 0.3) is 0 Å². The molecule has 9 heteroatoms. The van der Waals surface area contributed by atoms with Crippen molar-refractivity contribution in [2.24, 2.45) is 0 Å². The molecule has 2 aromatic carbocycles. The highest BCUT2D eigenvalue weighted by molar-refractivity contribution is 8.00. The van der Waals surface area contributed by atoms with Gasteiger partial charge in [-0.3, -0.25) is 4.31 Å². The van der Waals surface area contributed by atoms with Crippen LogP contribution in [-0.4, -0.2) is 22.6 Å². The third-order valence-electron chi connectivity index (χ3n) is 4.15. The third kappa shape index (κ3) is 5.67. The first kappa shape index (κ1) is 22.0. The van der Waals surface area contributed by atoms with Crippen molar-refractivity contribution in [2.75, 3.05) is 10.8 Å². The molecule has 1 heterocycles. The average Bonchev–Trinajstić information content (AvgIpc) is 2.71. The van der Waals surface area contributed by atoms with Gasteiger partial charge >= 0.3 is 12.1 Å². The van der Waals surface area contributed by atoms with Gasteiger partial charge in [-0.25, -0.2) is 9.78 Å². The molecule has 156 valence electrons. The fourth-order valence-corrected chi connectivity index (χ4v) is 3.87. The van der Waals surface area contributed by atoms with Crippen LogP contribution in [0, 0.1) is 0 Å². The van der Waals surface area contributed by atoms with Crippen LogP contribution in [0.2, 0.25) is 5.02 Å². The summed E-state index contributed by atoms with van der Waals surface area (Å²) >= 11 is 7.37. The van der Waals surface area contributed by atoms with Gasteiger partial charge in [0.15, 0.2) is 5.82 Å². The minimum atomic E-state index is -4.54. The maximum absolute atomic E-state index is 13.0. The zero-order valence-corrected chi connectivity index (χ0v) is 17.0. The van der Waals surface area contributed by atoms with Gasteiger partial charge in [-0.05, 0) is 54.3 Å². The van der Waals surface area contributed by atoms with E-state index >= 15 is 0 Å². The number of benzene rings is 2. The Hall–Kier alpha value is -2.71. The number of pyridine rings is 1. The molecule has 0 aliphatic heterocycles. The molecule has 0 amide bonds. The van der Waals surface area contributed by atoms with Crippen LogP contribution in [-0.2, 0) is 12.6 Å². The smallest absolute Gasteiger partial charge is 0.417 e. The maximum Gasteiger partial charge on any atom is 0.417 e. The molecule has 30 heavy (non-hydrogen) atoms. The minimum Gasteiger partial charge on any atom is -0.478 e. The maximum atomic E-state index is 13.0. The largest absolute Gasteiger partial charge is 0.478 e. The molecule has 1 N–H and O–H groups in total. The molecular weight excluding hydrogens is 437 g/mol. The number of nitrogens with zero attached hydrogens (tertiary/aromatic N) is 2. The van der Waals surface area contributed by atoms with Crippen LogP contribution in [0.3, 0.4) is 0 Å². The van der Waals surface area contributed by atoms with Crippen molar-refractivity contribution in [3.8, 4) is 0 Å². The van der Waals surface area contributed by atoms with Crippen LogP contribution in [0.4, 0.5) is 19.0 Å². The van der Waals surface area contributed by atoms with E-state index in [-0.39, 0.29) is 16.4 Å². The van der Waals surface area contributed by atoms with E-state index in [0.717, 1.165) is 17.8 Å². The van der Waals surface area contributed by atoms with Crippen molar-refractivity contribution < 1.29 is 23.1 Å². The normalized spacial score (nSPS) is 11.3. The van der Waals surface area contributed by atoms with Crippen LogP contribution in [0.5, 0.6) is 0 Å². The quantitative estimate of drug-likeness (QED) is 0.432. The number of hydrogen-bond acceptors (Lipinski definition) is 4. The summed E-state index contributed by atoms with van der Waals surface area (Å²) in [6.45, 7) is 0.424. The number of alkyl halides is 3. The van der Waals surface area contributed by atoms with Crippen LogP contribution < -0.4 is 4.31 Å². The van der Waals surface area contributed by atoms with Gasteiger partial charge in [0, 0.05) is 17.6 Å². The molecule has 3 rings (SSSR count). The standard InChI is InChI=1S/C21H16ClF3N2O2S/c22-18-12-16(21(23,24)25)13-26-19(18)27(11-10-14-4-2-1-3-5-14)30-17-8-6-15(7-9-17)20(28)29/h1-9,12-13H,10-11H2,(H,28,29). The molecule has 0 spiro atoms. The number of aromatic carboxylic acids is 1. The summed E-state index contributed by atoms with van der Waals surface area (Å²) in [6, 6.07) is 16.6. The summed E-state index contributed by atoms with van der Waals surface area (Å²) in [5.74, 6) is -0.840. The summed E-state index contributed by atoms with van der Waals surface area (Å²) in [5, 5.41) is 8.92. The summed E-state index contributed by atoms with van der Waals surface area (Å²) < 4.78 is 40.6. The SMILES string of the molecule is O=C(O)c1ccc(SN(CCc2ccccc2)c2ncc(C(F)(F)F)cc2Cl)cc1. The number of anilines is 1. The van der Waals surface area contributed by atoms with Gasteiger partial charge in [0.1, 0.15) is 0 Å². The Morgan fingerprint density at radius 2 is 1.77 bits per heavy atom. The molecule has 0 unspecified atom stereocenters. The van der Waals surface area contributed by atoms with E-state index in [1.54, 1.807) is 16.4 Å². The van der Waals surface area contributed by atoms with Gasteiger partial charge in [0.05, 0.1) is 16.1 Å². The molecule has 1 aromatic heterocycles. The molecular formula is C21H16ClF3N2O2S. The van der Waals surface area contributed by atoms with E-state index in [1.807, 2.05) is 30.3 Å². The lowest BCUT2D eigenvalue weighted by molar-refractivity contribution is -0.137. The summed E-state index contributed by atoms with van der Waals surface area (Å²) in [5.41, 5.74) is 0.267. The van der Waals surface area contributed by atoms with E-state index in [2.05, 4.69) is 4.98 Å². The Morgan fingerprint density at radius 3 is 2.33 bits per heavy atom. The third-order valence-corrected chi connectivity index (χ3v) is 5.49.